The number of nitrogens with two attached hydrogens (primary N) is 1. The summed E-state index contributed by atoms with van der Waals surface area (Å²) in [6, 6.07) is 9.19. The molecule has 2 aromatic rings. The number of nitrogens with zero attached hydrogens (tertiary/aromatic N) is 4. The molecule has 0 spiro atoms. The third kappa shape index (κ3) is 6.05. The van der Waals surface area contributed by atoms with Gasteiger partial charge in [-0.15, -0.1) is 0 Å². The number of ether oxygens (including phenoxy) is 1. The van der Waals surface area contributed by atoms with E-state index in [-0.39, 0.29) is 24.4 Å². The summed E-state index contributed by atoms with van der Waals surface area (Å²) < 4.78 is 31.7. The maximum Gasteiger partial charge on any atom is 0.316 e. The van der Waals surface area contributed by atoms with Crippen molar-refractivity contribution in [2.45, 2.75) is 39.0 Å². The van der Waals surface area contributed by atoms with Crippen molar-refractivity contribution < 1.29 is 13.2 Å². The Morgan fingerprint density at radius 3 is 2.35 bits per heavy atom. The topological polar surface area (TPSA) is 111 Å². The van der Waals surface area contributed by atoms with Crippen LogP contribution in [0.15, 0.2) is 41.3 Å². The highest BCUT2D eigenvalue weighted by Crippen LogP contribution is 2.26. The van der Waals surface area contributed by atoms with E-state index >= 15 is 0 Å². The SMILES string of the molecule is CCCCCCCOc1c(N2CCN(S(N)(=O)=O)CC2)cnn(-c2ccccc2)c1=O. The first-order valence-corrected chi connectivity index (χ1v) is 12.3. The molecular formula is C21H31N5O4S. The quantitative estimate of drug-likeness (QED) is 0.555. The second-order valence-corrected chi connectivity index (χ2v) is 9.15. The van der Waals surface area contributed by atoms with Crippen LogP contribution in [-0.2, 0) is 10.2 Å². The number of benzene rings is 1. The molecule has 1 fully saturated rings. The molecule has 0 saturated carbocycles. The van der Waals surface area contributed by atoms with Gasteiger partial charge >= 0.3 is 5.56 Å². The van der Waals surface area contributed by atoms with E-state index in [0.717, 1.165) is 19.3 Å². The summed E-state index contributed by atoms with van der Waals surface area (Å²) in [6.45, 7) is 3.91. The van der Waals surface area contributed by atoms with Crippen LogP contribution < -0.4 is 20.3 Å². The number of piperazine rings is 1. The monoisotopic (exact) mass is 449 g/mol. The molecule has 1 aliphatic rings. The summed E-state index contributed by atoms with van der Waals surface area (Å²) in [7, 11) is -3.72. The van der Waals surface area contributed by atoms with Gasteiger partial charge in [-0.2, -0.15) is 22.5 Å². The fourth-order valence-electron chi connectivity index (χ4n) is 3.61. The Morgan fingerprint density at radius 1 is 1.03 bits per heavy atom. The van der Waals surface area contributed by atoms with Crippen LogP contribution in [0.1, 0.15) is 39.0 Å². The Kier molecular flexibility index (Phi) is 8.05. The fourth-order valence-corrected chi connectivity index (χ4v) is 4.28. The van der Waals surface area contributed by atoms with Gasteiger partial charge in [-0.05, 0) is 18.6 Å². The van der Waals surface area contributed by atoms with Gasteiger partial charge in [-0.1, -0.05) is 50.8 Å². The Hall–Kier alpha value is -2.43. The van der Waals surface area contributed by atoms with Crippen LogP contribution in [0.4, 0.5) is 5.69 Å². The van der Waals surface area contributed by atoms with Crippen LogP contribution in [0.3, 0.4) is 0 Å². The zero-order valence-electron chi connectivity index (χ0n) is 17.9. The first-order valence-electron chi connectivity index (χ1n) is 10.7. The minimum Gasteiger partial charge on any atom is -0.486 e. The number of para-hydroxylation sites is 1. The molecule has 3 rings (SSSR count). The van der Waals surface area contributed by atoms with E-state index in [2.05, 4.69) is 12.0 Å². The minimum absolute atomic E-state index is 0.247. The standard InChI is InChI=1S/C21H31N5O4S/c1-2-3-4-5-9-16-30-20-19(24-12-14-25(15-13-24)31(22,28)29)17-23-26(21(20)27)18-10-7-6-8-11-18/h6-8,10-11,17H,2-5,9,12-16H2,1H3,(H2,22,28,29). The number of anilines is 1. The van der Waals surface area contributed by atoms with Crippen molar-refractivity contribution in [3.05, 3.63) is 46.9 Å². The maximum atomic E-state index is 13.2. The highest BCUT2D eigenvalue weighted by Gasteiger charge is 2.27. The van der Waals surface area contributed by atoms with Crippen molar-refractivity contribution in [1.82, 2.24) is 14.1 Å². The molecule has 10 heteroatoms. The lowest BCUT2D eigenvalue weighted by Gasteiger charge is -2.34. The molecule has 0 unspecified atom stereocenters. The molecule has 1 saturated heterocycles. The van der Waals surface area contributed by atoms with Crippen molar-refractivity contribution in [1.29, 1.82) is 0 Å². The van der Waals surface area contributed by atoms with Gasteiger partial charge in [0.05, 0.1) is 18.5 Å². The third-order valence-corrected chi connectivity index (χ3v) is 6.43. The molecule has 31 heavy (non-hydrogen) atoms. The first kappa shape index (κ1) is 23.2. The molecular weight excluding hydrogens is 418 g/mol. The summed E-state index contributed by atoms with van der Waals surface area (Å²) in [6.07, 6.45) is 7.04. The number of aromatic nitrogens is 2. The Labute approximate surface area is 183 Å². The van der Waals surface area contributed by atoms with Crippen LogP contribution in [0.25, 0.3) is 5.69 Å². The van der Waals surface area contributed by atoms with Crippen molar-refractivity contribution in [2.24, 2.45) is 5.14 Å². The molecule has 170 valence electrons. The van der Waals surface area contributed by atoms with Gasteiger partial charge < -0.3 is 9.64 Å². The smallest absolute Gasteiger partial charge is 0.316 e. The predicted octanol–water partition coefficient (Wildman–Crippen LogP) is 1.91. The van der Waals surface area contributed by atoms with E-state index in [9.17, 15) is 13.2 Å². The van der Waals surface area contributed by atoms with Gasteiger partial charge in [0.2, 0.25) is 5.75 Å². The highest BCUT2D eigenvalue weighted by atomic mass is 32.2. The van der Waals surface area contributed by atoms with Gasteiger partial charge in [0.15, 0.2) is 0 Å². The lowest BCUT2D eigenvalue weighted by molar-refractivity contribution is 0.297. The van der Waals surface area contributed by atoms with Gasteiger partial charge in [0, 0.05) is 26.2 Å². The fraction of sp³-hybridized carbons (Fsp3) is 0.524. The average Bonchev–Trinajstić information content (AvgIpc) is 2.77. The molecule has 0 atom stereocenters. The minimum atomic E-state index is -3.72. The molecule has 0 radical (unpaired) electrons. The normalized spacial score (nSPS) is 15.2. The molecule has 0 amide bonds. The zero-order valence-corrected chi connectivity index (χ0v) is 18.8. The van der Waals surface area contributed by atoms with E-state index in [4.69, 9.17) is 9.88 Å². The molecule has 0 bridgehead atoms. The van der Waals surface area contributed by atoms with Gasteiger partial charge in [-0.25, -0.2) is 5.14 Å². The first-order chi connectivity index (χ1) is 14.9. The second kappa shape index (κ2) is 10.7. The van der Waals surface area contributed by atoms with Crippen LogP contribution in [0, 0.1) is 0 Å². The number of hydrogen-bond acceptors (Lipinski definition) is 6. The molecule has 1 aromatic heterocycles. The van der Waals surface area contributed by atoms with Crippen LogP contribution >= 0.6 is 0 Å². The summed E-state index contributed by atoms with van der Waals surface area (Å²) in [5.41, 5.74) is 0.914. The highest BCUT2D eigenvalue weighted by molar-refractivity contribution is 7.86. The van der Waals surface area contributed by atoms with Crippen LogP contribution in [0.5, 0.6) is 5.75 Å². The summed E-state index contributed by atoms with van der Waals surface area (Å²) in [4.78, 5) is 15.2. The third-order valence-electron chi connectivity index (χ3n) is 5.35. The van der Waals surface area contributed by atoms with E-state index in [1.54, 1.807) is 6.20 Å². The van der Waals surface area contributed by atoms with Gasteiger partial charge in [0.1, 0.15) is 5.69 Å². The zero-order chi connectivity index (χ0) is 22.3. The van der Waals surface area contributed by atoms with Crippen LogP contribution in [-0.4, -0.2) is 55.3 Å². The molecule has 1 aromatic carbocycles. The molecule has 2 heterocycles. The molecule has 9 nitrogen and oxygen atoms in total. The average molecular weight is 450 g/mol. The lowest BCUT2D eigenvalue weighted by atomic mass is 10.2. The lowest BCUT2D eigenvalue weighted by Crippen LogP contribution is -2.51. The number of hydrogen-bond donors (Lipinski definition) is 1. The largest absolute Gasteiger partial charge is 0.486 e. The molecule has 1 aliphatic heterocycles. The Morgan fingerprint density at radius 2 is 1.71 bits per heavy atom. The summed E-state index contributed by atoms with van der Waals surface area (Å²) >= 11 is 0. The summed E-state index contributed by atoms with van der Waals surface area (Å²) in [5.74, 6) is 0.249. The van der Waals surface area contributed by atoms with E-state index in [0.29, 0.717) is 31.1 Å². The molecule has 2 N–H and O–H groups in total. The van der Waals surface area contributed by atoms with Crippen LogP contribution in [0.2, 0.25) is 0 Å². The van der Waals surface area contributed by atoms with E-state index in [1.165, 1.54) is 21.8 Å². The van der Waals surface area contributed by atoms with E-state index < -0.39 is 10.2 Å². The van der Waals surface area contributed by atoms with E-state index in [1.807, 2.05) is 35.2 Å². The Balaban J connectivity index is 1.82. The van der Waals surface area contributed by atoms with Crippen molar-refractivity contribution in [2.75, 3.05) is 37.7 Å². The van der Waals surface area contributed by atoms with Crippen molar-refractivity contribution >= 4 is 15.9 Å². The number of unbranched alkanes of at least 4 members (excludes halogenated alkanes) is 4. The van der Waals surface area contributed by atoms with Gasteiger partial charge in [-0.3, -0.25) is 4.79 Å². The summed E-state index contributed by atoms with van der Waals surface area (Å²) in [5, 5.41) is 9.58. The van der Waals surface area contributed by atoms with Crippen molar-refractivity contribution in [3.63, 3.8) is 0 Å². The van der Waals surface area contributed by atoms with Crippen molar-refractivity contribution in [3.8, 4) is 11.4 Å². The second-order valence-electron chi connectivity index (χ2n) is 7.61. The molecule has 0 aliphatic carbocycles. The Bertz CT molecular complexity index is 1000. The predicted molar refractivity (Wildman–Crippen MR) is 121 cm³/mol. The number of rotatable bonds is 10. The van der Waals surface area contributed by atoms with Gasteiger partial charge in [0.25, 0.3) is 10.2 Å². The maximum absolute atomic E-state index is 13.2.